The van der Waals surface area contributed by atoms with E-state index < -0.39 is 5.54 Å². The average Bonchev–Trinajstić information content (AvgIpc) is 3.58. The lowest BCUT2D eigenvalue weighted by atomic mass is 9.85. The third-order valence-corrected chi connectivity index (χ3v) is 9.65. The SMILES string of the molecule is CC12N=CC=CC1N(c1ccc(-c3ccccc3)cc1)c1ccc(-c3cccc4c5ccccc5n(-c5ccccc5)c34)cc12. The summed E-state index contributed by atoms with van der Waals surface area (Å²) in [6.45, 7) is 2.28. The van der Waals surface area contributed by atoms with Crippen molar-refractivity contribution in [3.8, 4) is 27.9 Å². The van der Waals surface area contributed by atoms with Gasteiger partial charge in [-0.1, -0.05) is 109 Å². The van der Waals surface area contributed by atoms with Gasteiger partial charge in [0.2, 0.25) is 0 Å². The van der Waals surface area contributed by atoms with E-state index in [0.29, 0.717) is 0 Å². The summed E-state index contributed by atoms with van der Waals surface area (Å²) in [4.78, 5) is 7.60. The molecule has 7 aromatic rings. The summed E-state index contributed by atoms with van der Waals surface area (Å²) >= 11 is 0. The molecule has 0 amide bonds. The summed E-state index contributed by atoms with van der Waals surface area (Å²) in [5.74, 6) is 0. The van der Waals surface area contributed by atoms with Crippen LogP contribution in [0.15, 0.2) is 163 Å². The van der Waals surface area contributed by atoms with Crippen molar-refractivity contribution in [3.63, 3.8) is 0 Å². The van der Waals surface area contributed by atoms with Crippen molar-refractivity contribution in [2.45, 2.75) is 18.5 Å². The smallest absolute Gasteiger partial charge is 0.109 e. The fourth-order valence-electron chi connectivity index (χ4n) is 7.49. The molecule has 0 aliphatic carbocycles. The first kappa shape index (κ1) is 25.8. The molecule has 45 heavy (non-hydrogen) atoms. The van der Waals surface area contributed by atoms with Crippen molar-refractivity contribution < 1.29 is 0 Å². The highest BCUT2D eigenvalue weighted by atomic mass is 15.2. The summed E-state index contributed by atoms with van der Waals surface area (Å²) in [7, 11) is 0. The van der Waals surface area contributed by atoms with Crippen molar-refractivity contribution in [1.82, 2.24) is 4.57 Å². The van der Waals surface area contributed by atoms with E-state index in [4.69, 9.17) is 4.99 Å². The third-order valence-electron chi connectivity index (χ3n) is 9.65. The highest BCUT2D eigenvalue weighted by Crippen LogP contribution is 2.52. The van der Waals surface area contributed by atoms with Crippen LogP contribution in [0.1, 0.15) is 12.5 Å². The number of nitrogens with zero attached hydrogens (tertiary/aromatic N) is 3. The number of benzene rings is 6. The first-order valence-corrected chi connectivity index (χ1v) is 15.6. The Kier molecular flexibility index (Phi) is 5.69. The van der Waals surface area contributed by atoms with E-state index in [2.05, 4.69) is 174 Å². The van der Waals surface area contributed by atoms with Gasteiger partial charge in [-0.05, 0) is 72.2 Å². The molecule has 2 atom stereocenters. The van der Waals surface area contributed by atoms with Gasteiger partial charge in [-0.15, -0.1) is 0 Å². The monoisotopic (exact) mass is 577 g/mol. The van der Waals surface area contributed by atoms with Crippen LogP contribution in [0.4, 0.5) is 11.4 Å². The van der Waals surface area contributed by atoms with E-state index in [-0.39, 0.29) is 6.04 Å². The topological polar surface area (TPSA) is 20.5 Å². The first-order chi connectivity index (χ1) is 22.2. The summed E-state index contributed by atoms with van der Waals surface area (Å²) in [6, 6.07) is 52.7. The van der Waals surface area contributed by atoms with Crippen LogP contribution in [0.25, 0.3) is 49.7 Å². The van der Waals surface area contributed by atoms with Crippen LogP contribution in [0.2, 0.25) is 0 Å². The van der Waals surface area contributed by atoms with Crippen LogP contribution in [0.3, 0.4) is 0 Å². The molecule has 2 aliphatic heterocycles. The number of hydrogen-bond acceptors (Lipinski definition) is 2. The zero-order valence-electron chi connectivity index (χ0n) is 25.0. The Hall–Kier alpha value is -5.67. The van der Waals surface area contributed by atoms with E-state index in [1.54, 1.807) is 0 Å². The molecule has 0 bridgehead atoms. The quantitative estimate of drug-likeness (QED) is 0.204. The minimum absolute atomic E-state index is 0.0851. The molecule has 2 aliphatic rings. The molecule has 0 saturated heterocycles. The maximum atomic E-state index is 5.14. The number of aromatic nitrogens is 1. The average molecular weight is 578 g/mol. The van der Waals surface area contributed by atoms with Crippen LogP contribution >= 0.6 is 0 Å². The second-order valence-corrected chi connectivity index (χ2v) is 12.2. The van der Waals surface area contributed by atoms with E-state index in [9.17, 15) is 0 Å². The molecule has 3 heterocycles. The van der Waals surface area contributed by atoms with Crippen LogP contribution in [0, 0.1) is 0 Å². The molecule has 3 nitrogen and oxygen atoms in total. The van der Waals surface area contributed by atoms with Gasteiger partial charge in [0, 0.05) is 45.2 Å². The predicted molar refractivity (Wildman–Crippen MR) is 189 cm³/mol. The van der Waals surface area contributed by atoms with Gasteiger partial charge in [0.1, 0.15) is 5.54 Å². The van der Waals surface area contributed by atoms with E-state index in [0.717, 1.165) is 5.69 Å². The first-order valence-electron chi connectivity index (χ1n) is 15.6. The van der Waals surface area contributed by atoms with Gasteiger partial charge in [0.05, 0.1) is 17.1 Å². The lowest BCUT2D eigenvalue weighted by Gasteiger charge is -2.33. The van der Waals surface area contributed by atoms with Crippen molar-refractivity contribution >= 4 is 39.4 Å². The summed E-state index contributed by atoms with van der Waals surface area (Å²) in [5.41, 5.74) is 11.7. The third kappa shape index (κ3) is 3.87. The van der Waals surface area contributed by atoms with Gasteiger partial charge in [0.25, 0.3) is 0 Å². The molecule has 214 valence electrons. The van der Waals surface area contributed by atoms with Gasteiger partial charge in [-0.3, -0.25) is 4.99 Å². The normalized spacial score (nSPS) is 18.4. The Bertz CT molecular complexity index is 2280. The number of dihydropyridines is 1. The Morgan fingerprint density at radius 2 is 1.29 bits per heavy atom. The van der Waals surface area contributed by atoms with E-state index in [1.807, 2.05) is 6.21 Å². The molecule has 2 unspecified atom stereocenters. The van der Waals surface area contributed by atoms with Gasteiger partial charge >= 0.3 is 0 Å². The summed E-state index contributed by atoms with van der Waals surface area (Å²) < 4.78 is 2.42. The number of para-hydroxylation sites is 3. The Balaban J connectivity index is 1.23. The standard InChI is InChI=1S/C42H31N3/c1-42-37-28-31(34-17-10-18-36-35-16-8-9-19-38(35)45(41(34)36)32-14-6-3-7-15-32)23-26-39(37)44(40(42)20-11-27-43-42)33-24-21-30(22-25-33)29-12-4-2-5-13-29/h2-28,40H,1H3. The highest BCUT2D eigenvalue weighted by molar-refractivity contribution is 6.13. The second-order valence-electron chi connectivity index (χ2n) is 12.2. The fourth-order valence-corrected chi connectivity index (χ4v) is 7.49. The van der Waals surface area contributed by atoms with Gasteiger partial charge in [-0.25, -0.2) is 0 Å². The minimum Gasteiger partial charge on any atom is -0.331 e. The minimum atomic E-state index is -0.405. The van der Waals surface area contributed by atoms with E-state index in [1.165, 1.54) is 61.0 Å². The lowest BCUT2D eigenvalue weighted by Crippen LogP contribution is -2.39. The van der Waals surface area contributed by atoms with Crippen molar-refractivity contribution in [2.75, 3.05) is 4.90 Å². The molecule has 0 fully saturated rings. The van der Waals surface area contributed by atoms with Crippen molar-refractivity contribution in [2.24, 2.45) is 4.99 Å². The second kappa shape index (κ2) is 9.93. The highest BCUT2D eigenvalue weighted by Gasteiger charge is 2.48. The number of rotatable bonds is 4. The van der Waals surface area contributed by atoms with Crippen LogP contribution < -0.4 is 4.90 Å². The molecular weight excluding hydrogens is 546 g/mol. The Morgan fingerprint density at radius 3 is 2.11 bits per heavy atom. The summed E-state index contributed by atoms with van der Waals surface area (Å²) in [5, 5.41) is 2.52. The lowest BCUT2D eigenvalue weighted by molar-refractivity contribution is 0.469. The number of aliphatic imine (C=N–C) groups is 1. The molecule has 6 aromatic carbocycles. The van der Waals surface area contributed by atoms with E-state index >= 15 is 0 Å². The zero-order chi connectivity index (χ0) is 30.0. The number of fused-ring (bicyclic) bond motifs is 6. The molecule has 1 aromatic heterocycles. The molecule has 0 N–H and O–H groups in total. The zero-order valence-corrected chi connectivity index (χ0v) is 25.0. The molecule has 0 spiro atoms. The van der Waals surface area contributed by atoms with Gasteiger partial charge < -0.3 is 9.47 Å². The number of hydrogen-bond donors (Lipinski definition) is 0. The molecule has 3 heteroatoms. The molecule has 9 rings (SSSR count). The Labute approximate surface area is 263 Å². The summed E-state index contributed by atoms with van der Waals surface area (Å²) in [6.07, 6.45) is 6.35. The maximum Gasteiger partial charge on any atom is 0.109 e. The Morgan fingerprint density at radius 1 is 0.600 bits per heavy atom. The predicted octanol–water partition coefficient (Wildman–Crippen LogP) is 10.5. The van der Waals surface area contributed by atoms with Crippen LogP contribution in [-0.4, -0.2) is 16.8 Å². The maximum absolute atomic E-state index is 5.14. The van der Waals surface area contributed by atoms with Crippen LogP contribution in [0.5, 0.6) is 0 Å². The molecule has 0 saturated carbocycles. The van der Waals surface area contributed by atoms with Crippen molar-refractivity contribution in [1.29, 1.82) is 0 Å². The van der Waals surface area contributed by atoms with Crippen molar-refractivity contribution in [3.05, 3.63) is 163 Å². The largest absolute Gasteiger partial charge is 0.331 e. The van der Waals surface area contributed by atoms with Gasteiger partial charge in [-0.2, -0.15) is 0 Å². The van der Waals surface area contributed by atoms with Gasteiger partial charge in [0.15, 0.2) is 0 Å². The molecule has 0 radical (unpaired) electrons. The fraction of sp³-hybridized carbons (Fsp3) is 0.0714. The number of allylic oxidation sites excluding steroid dienone is 1. The molecular formula is C42H31N3. The number of anilines is 2. The van der Waals surface area contributed by atoms with Crippen LogP contribution in [-0.2, 0) is 5.54 Å².